The number of amides is 1. The van der Waals surface area contributed by atoms with E-state index in [-0.39, 0.29) is 11.8 Å². The zero-order valence-corrected chi connectivity index (χ0v) is 8.47. The minimum atomic E-state index is 0.126. The summed E-state index contributed by atoms with van der Waals surface area (Å²) in [6, 6.07) is 0. The van der Waals surface area contributed by atoms with Crippen molar-refractivity contribution in [3.8, 4) is 0 Å². The summed E-state index contributed by atoms with van der Waals surface area (Å²) in [6.45, 7) is 4.18. The van der Waals surface area contributed by atoms with Gasteiger partial charge in [-0.15, -0.1) is 0 Å². The largest absolute Gasteiger partial charge is 0.345 e. The maximum absolute atomic E-state index is 11.5. The topological polar surface area (TPSA) is 44.4 Å². The van der Waals surface area contributed by atoms with E-state index >= 15 is 0 Å². The van der Waals surface area contributed by atoms with Gasteiger partial charge in [0, 0.05) is 7.05 Å². The molecule has 1 heterocycles. The standard InChI is InChI=1S/C8H18BN3O/c1-9-12-5-3-4-7(6-12)8(13)11-10-2/h7,9-10H,3-6H2,1-2H3,(H,11,13). The zero-order valence-electron chi connectivity index (χ0n) is 8.47. The van der Waals surface area contributed by atoms with E-state index in [1.165, 1.54) is 0 Å². The van der Waals surface area contributed by atoms with Gasteiger partial charge in [0.15, 0.2) is 0 Å². The van der Waals surface area contributed by atoms with Crippen molar-refractivity contribution in [2.75, 3.05) is 20.1 Å². The van der Waals surface area contributed by atoms with Crippen molar-refractivity contribution in [3.05, 3.63) is 0 Å². The number of hydrogen-bond donors (Lipinski definition) is 2. The molecule has 4 nitrogen and oxygen atoms in total. The first-order valence-corrected chi connectivity index (χ1v) is 4.97. The van der Waals surface area contributed by atoms with Crippen molar-refractivity contribution in [2.45, 2.75) is 19.7 Å². The molecule has 13 heavy (non-hydrogen) atoms. The average molecular weight is 183 g/mol. The number of rotatable bonds is 3. The molecule has 2 N–H and O–H groups in total. The first-order chi connectivity index (χ1) is 6.27. The van der Waals surface area contributed by atoms with Gasteiger partial charge in [0.25, 0.3) is 0 Å². The molecule has 0 aromatic heterocycles. The molecule has 0 aromatic carbocycles. The molecule has 1 rings (SSSR count). The molecule has 1 amide bonds. The van der Waals surface area contributed by atoms with Crippen molar-refractivity contribution in [2.24, 2.45) is 5.92 Å². The van der Waals surface area contributed by atoms with Crippen LogP contribution in [0, 0.1) is 5.92 Å². The Labute approximate surface area is 80.3 Å². The summed E-state index contributed by atoms with van der Waals surface area (Å²) in [4.78, 5) is 13.8. The van der Waals surface area contributed by atoms with Gasteiger partial charge in [-0.25, -0.2) is 5.43 Å². The van der Waals surface area contributed by atoms with Gasteiger partial charge in [-0.2, -0.15) is 0 Å². The molecule has 1 atom stereocenters. The maximum atomic E-state index is 11.5. The number of carbonyl (C=O) groups excluding carboxylic acids is 1. The summed E-state index contributed by atoms with van der Waals surface area (Å²) in [5, 5.41) is 0. The lowest BCUT2D eigenvalue weighted by Crippen LogP contribution is -2.46. The van der Waals surface area contributed by atoms with Gasteiger partial charge in [-0.1, -0.05) is 6.82 Å². The van der Waals surface area contributed by atoms with E-state index in [1.54, 1.807) is 7.05 Å². The van der Waals surface area contributed by atoms with E-state index in [1.807, 2.05) is 0 Å². The Morgan fingerprint density at radius 2 is 2.38 bits per heavy atom. The Bertz CT molecular complexity index is 177. The second-order valence-corrected chi connectivity index (χ2v) is 3.47. The summed E-state index contributed by atoms with van der Waals surface area (Å²) >= 11 is 0. The van der Waals surface area contributed by atoms with Crippen molar-refractivity contribution in [1.82, 2.24) is 15.7 Å². The third kappa shape index (κ3) is 3.01. The lowest BCUT2D eigenvalue weighted by molar-refractivity contribution is -0.126. The number of piperidine rings is 1. The average Bonchev–Trinajstić information content (AvgIpc) is 2.18. The van der Waals surface area contributed by atoms with Gasteiger partial charge >= 0.3 is 0 Å². The van der Waals surface area contributed by atoms with Gasteiger partial charge in [0.2, 0.25) is 13.3 Å². The van der Waals surface area contributed by atoms with E-state index in [2.05, 4.69) is 22.5 Å². The molecule has 0 spiro atoms. The van der Waals surface area contributed by atoms with Crippen LogP contribution in [0.15, 0.2) is 0 Å². The molecule has 0 aromatic rings. The fraction of sp³-hybridized carbons (Fsp3) is 0.875. The third-order valence-corrected chi connectivity index (χ3v) is 2.57. The Balaban J connectivity index is 2.37. The van der Waals surface area contributed by atoms with Crippen LogP contribution in [0.5, 0.6) is 0 Å². The Kier molecular flexibility index (Phi) is 4.25. The van der Waals surface area contributed by atoms with Gasteiger partial charge in [-0.3, -0.25) is 10.2 Å². The minimum Gasteiger partial charge on any atom is -0.345 e. The molecule has 1 aliphatic heterocycles. The molecule has 74 valence electrons. The van der Waals surface area contributed by atoms with Crippen LogP contribution >= 0.6 is 0 Å². The number of nitrogens with one attached hydrogen (secondary N) is 2. The molecular weight excluding hydrogens is 165 g/mol. The van der Waals surface area contributed by atoms with Crippen LogP contribution in [0.1, 0.15) is 12.8 Å². The lowest BCUT2D eigenvalue weighted by Gasteiger charge is -2.30. The second kappa shape index (κ2) is 5.24. The zero-order chi connectivity index (χ0) is 9.68. The van der Waals surface area contributed by atoms with Crippen LogP contribution < -0.4 is 10.9 Å². The summed E-state index contributed by atoms with van der Waals surface area (Å²) in [7, 11) is 2.77. The molecule has 0 aliphatic carbocycles. The number of hydrogen-bond acceptors (Lipinski definition) is 3. The summed E-state index contributed by atoms with van der Waals surface area (Å²) < 4.78 is 0. The SMILES string of the molecule is CBN1CCCC(C(=O)NNC)C1. The normalized spacial score (nSPS) is 24.0. The van der Waals surface area contributed by atoms with Crippen LogP contribution in [0.25, 0.3) is 0 Å². The number of hydrazine groups is 1. The molecule has 1 saturated heterocycles. The molecule has 1 fully saturated rings. The highest BCUT2D eigenvalue weighted by Gasteiger charge is 2.24. The predicted molar refractivity (Wildman–Crippen MR) is 54.5 cm³/mol. The lowest BCUT2D eigenvalue weighted by atomic mass is 9.87. The molecule has 5 heteroatoms. The molecule has 0 radical (unpaired) electrons. The van der Waals surface area contributed by atoms with Gasteiger partial charge in [-0.05, 0) is 25.9 Å². The fourth-order valence-electron chi connectivity index (χ4n) is 1.78. The second-order valence-electron chi connectivity index (χ2n) is 3.47. The van der Waals surface area contributed by atoms with Crippen LogP contribution in [0.4, 0.5) is 0 Å². The van der Waals surface area contributed by atoms with Gasteiger partial charge in [0.05, 0.1) is 5.92 Å². The van der Waals surface area contributed by atoms with Crippen LogP contribution in [0.3, 0.4) is 0 Å². The highest BCUT2D eigenvalue weighted by molar-refractivity contribution is 6.29. The fourth-order valence-corrected chi connectivity index (χ4v) is 1.78. The van der Waals surface area contributed by atoms with Crippen LogP contribution in [-0.2, 0) is 4.79 Å². The third-order valence-electron chi connectivity index (χ3n) is 2.57. The first-order valence-electron chi connectivity index (χ1n) is 4.97. The van der Waals surface area contributed by atoms with Crippen molar-refractivity contribution >= 4 is 13.3 Å². The smallest absolute Gasteiger partial charge is 0.238 e. The Morgan fingerprint density at radius 3 is 3.00 bits per heavy atom. The molecule has 0 saturated carbocycles. The van der Waals surface area contributed by atoms with E-state index in [0.717, 1.165) is 33.3 Å². The number of nitrogens with zero attached hydrogens (tertiary/aromatic N) is 1. The molecular formula is C8H18BN3O. The van der Waals surface area contributed by atoms with Crippen LogP contribution in [-0.4, -0.2) is 38.3 Å². The van der Waals surface area contributed by atoms with E-state index in [0.29, 0.717) is 0 Å². The molecule has 0 bridgehead atoms. The maximum Gasteiger partial charge on any atom is 0.238 e. The Hall–Kier alpha value is -0.545. The van der Waals surface area contributed by atoms with Crippen LogP contribution in [0.2, 0.25) is 6.82 Å². The van der Waals surface area contributed by atoms with Gasteiger partial charge in [0.1, 0.15) is 0 Å². The van der Waals surface area contributed by atoms with Crippen molar-refractivity contribution < 1.29 is 4.79 Å². The highest BCUT2D eigenvalue weighted by atomic mass is 16.2. The minimum absolute atomic E-state index is 0.126. The van der Waals surface area contributed by atoms with E-state index in [4.69, 9.17) is 0 Å². The molecule has 1 aliphatic rings. The first kappa shape index (κ1) is 10.5. The quantitative estimate of drug-likeness (QED) is 0.451. The summed E-state index contributed by atoms with van der Waals surface area (Å²) in [5.74, 6) is 0.293. The monoisotopic (exact) mass is 183 g/mol. The predicted octanol–water partition coefficient (Wildman–Crippen LogP) is -0.651. The van der Waals surface area contributed by atoms with E-state index in [9.17, 15) is 4.79 Å². The highest BCUT2D eigenvalue weighted by Crippen LogP contribution is 2.15. The number of carbonyl (C=O) groups is 1. The van der Waals surface area contributed by atoms with E-state index < -0.39 is 0 Å². The van der Waals surface area contributed by atoms with Gasteiger partial charge < -0.3 is 4.81 Å². The van der Waals surface area contributed by atoms with Crippen molar-refractivity contribution in [1.29, 1.82) is 0 Å². The van der Waals surface area contributed by atoms with Crippen molar-refractivity contribution in [3.63, 3.8) is 0 Å². The Morgan fingerprint density at radius 1 is 1.62 bits per heavy atom. The summed E-state index contributed by atoms with van der Waals surface area (Å²) in [5.41, 5.74) is 5.32. The summed E-state index contributed by atoms with van der Waals surface area (Å²) in [6.07, 6.45) is 2.15. The molecule has 1 unspecified atom stereocenters.